The number of para-hydroxylation sites is 1. The van der Waals surface area contributed by atoms with Crippen molar-refractivity contribution in [2.45, 2.75) is 0 Å². The van der Waals surface area contributed by atoms with Crippen LogP contribution in [0.2, 0.25) is 0 Å². The predicted molar refractivity (Wildman–Crippen MR) is 68.9 cm³/mol. The van der Waals surface area contributed by atoms with Crippen LogP contribution in [-0.2, 0) is 0 Å². The summed E-state index contributed by atoms with van der Waals surface area (Å²) in [5.74, 6) is 0.975. The van der Waals surface area contributed by atoms with Crippen molar-refractivity contribution >= 4 is 32.9 Å². The summed E-state index contributed by atoms with van der Waals surface area (Å²) in [5.41, 5.74) is 2.10. The highest BCUT2D eigenvalue weighted by molar-refractivity contribution is 9.10. The van der Waals surface area contributed by atoms with Gasteiger partial charge in [0.25, 0.3) is 0 Å². The largest absolute Gasteiger partial charge is 0.340 e. The maximum Gasteiger partial charge on any atom is 0.203 e. The van der Waals surface area contributed by atoms with Gasteiger partial charge in [0, 0.05) is 30.7 Å². The summed E-state index contributed by atoms with van der Waals surface area (Å²) >= 11 is 3.52. The molecule has 4 nitrogen and oxygen atoms in total. The Balaban J connectivity index is 2.01. The fourth-order valence-corrected chi connectivity index (χ4v) is 2.47. The molecule has 2 heterocycles. The fraction of sp³-hybridized carbons (Fsp3) is 0.364. The van der Waals surface area contributed by atoms with Crippen molar-refractivity contribution < 1.29 is 0 Å². The van der Waals surface area contributed by atoms with E-state index in [1.54, 1.807) is 0 Å². The number of benzene rings is 1. The monoisotopic (exact) mass is 280 g/mol. The summed E-state index contributed by atoms with van der Waals surface area (Å²) in [6.45, 7) is 4.07. The molecule has 1 fully saturated rings. The minimum atomic E-state index is 0.975. The summed E-state index contributed by atoms with van der Waals surface area (Å²) < 4.78 is 1.04. The second kappa shape index (κ2) is 4.07. The molecule has 0 saturated carbocycles. The second-order valence-corrected chi connectivity index (χ2v) is 4.79. The summed E-state index contributed by atoms with van der Waals surface area (Å²) in [4.78, 5) is 10.3. The highest BCUT2D eigenvalue weighted by Crippen LogP contribution is 2.24. The number of nitrogens with one attached hydrogen (secondary N) is 2. The van der Waals surface area contributed by atoms with E-state index in [1.165, 1.54) is 0 Å². The van der Waals surface area contributed by atoms with Gasteiger partial charge in [0.15, 0.2) is 0 Å². The van der Waals surface area contributed by atoms with Crippen LogP contribution in [0.5, 0.6) is 0 Å². The van der Waals surface area contributed by atoms with E-state index in [9.17, 15) is 0 Å². The molecular formula is C11H13BrN4. The van der Waals surface area contributed by atoms with Crippen molar-refractivity contribution in [2.24, 2.45) is 0 Å². The highest BCUT2D eigenvalue weighted by atomic mass is 79.9. The van der Waals surface area contributed by atoms with Crippen LogP contribution >= 0.6 is 15.9 Å². The summed E-state index contributed by atoms with van der Waals surface area (Å²) in [6.07, 6.45) is 0. The normalized spacial score (nSPS) is 16.9. The summed E-state index contributed by atoms with van der Waals surface area (Å²) in [6, 6.07) is 6.09. The number of aromatic nitrogens is 2. The molecule has 1 saturated heterocycles. The Labute approximate surface area is 102 Å². The molecule has 2 N–H and O–H groups in total. The lowest BCUT2D eigenvalue weighted by Crippen LogP contribution is -2.44. The van der Waals surface area contributed by atoms with E-state index < -0.39 is 0 Å². The number of fused-ring (bicyclic) bond motifs is 1. The van der Waals surface area contributed by atoms with Crippen molar-refractivity contribution in [3.63, 3.8) is 0 Å². The molecular weight excluding hydrogens is 268 g/mol. The first-order valence-electron chi connectivity index (χ1n) is 5.44. The van der Waals surface area contributed by atoms with Crippen LogP contribution in [0.25, 0.3) is 11.0 Å². The third-order valence-electron chi connectivity index (χ3n) is 2.87. The van der Waals surface area contributed by atoms with E-state index in [2.05, 4.69) is 42.2 Å². The molecule has 2 aromatic rings. The lowest BCUT2D eigenvalue weighted by molar-refractivity contribution is 0.582. The maximum atomic E-state index is 4.63. The van der Waals surface area contributed by atoms with Gasteiger partial charge >= 0.3 is 0 Å². The van der Waals surface area contributed by atoms with Gasteiger partial charge in [-0.05, 0) is 28.1 Å². The zero-order valence-corrected chi connectivity index (χ0v) is 10.4. The summed E-state index contributed by atoms with van der Waals surface area (Å²) in [7, 11) is 0. The molecule has 0 atom stereocenters. The SMILES string of the molecule is Brc1cccc2[nH]c(N3CCNCC3)nc12. The number of halogens is 1. The van der Waals surface area contributed by atoms with E-state index in [4.69, 9.17) is 0 Å². The Kier molecular flexibility index (Phi) is 2.57. The number of imidazole rings is 1. The average Bonchev–Trinajstić information content (AvgIpc) is 2.76. The van der Waals surface area contributed by atoms with Gasteiger partial charge in [0.2, 0.25) is 5.95 Å². The standard InChI is InChI=1S/C11H13BrN4/c12-8-2-1-3-9-10(8)15-11(14-9)16-6-4-13-5-7-16/h1-3,13H,4-7H2,(H,14,15). The predicted octanol–water partition coefficient (Wildman–Crippen LogP) is 1.73. The van der Waals surface area contributed by atoms with Crippen molar-refractivity contribution in [3.8, 4) is 0 Å². The fourth-order valence-electron chi connectivity index (χ4n) is 2.01. The Bertz CT molecular complexity index is 502. The molecule has 0 unspecified atom stereocenters. The molecule has 0 spiro atoms. The molecule has 1 aliphatic rings. The van der Waals surface area contributed by atoms with Gasteiger partial charge in [-0.25, -0.2) is 4.98 Å². The van der Waals surface area contributed by atoms with Crippen molar-refractivity contribution in [1.82, 2.24) is 15.3 Å². The summed E-state index contributed by atoms with van der Waals surface area (Å²) in [5, 5.41) is 3.34. The number of aromatic amines is 1. The van der Waals surface area contributed by atoms with E-state index in [-0.39, 0.29) is 0 Å². The van der Waals surface area contributed by atoms with Gasteiger partial charge < -0.3 is 15.2 Å². The van der Waals surface area contributed by atoms with Crippen molar-refractivity contribution in [1.29, 1.82) is 0 Å². The molecule has 1 aromatic heterocycles. The molecule has 0 bridgehead atoms. The topological polar surface area (TPSA) is 44.0 Å². The number of anilines is 1. The van der Waals surface area contributed by atoms with Crippen molar-refractivity contribution in [3.05, 3.63) is 22.7 Å². The van der Waals surface area contributed by atoms with E-state index >= 15 is 0 Å². The van der Waals surface area contributed by atoms with Crippen LogP contribution in [-0.4, -0.2) is 36.1 Å². The second-order valence-electron chi connectivity index (χ2n) is 3.93. The Hall–Kier alpha value is -1.07. The van der Waals surface area contributed by atoms with Gasteiger partial charge in [-0.1, -0.05) is 6.07 Å². The van der Waals surface area contributed by atoms with E-state index in [0.717, 1.165) is 47.6 Å². The van der Waals surface area contributed by atoms with Gasteiger partial charge in [-0.2, -0.15) is 0 Å². The third-order valence-corrected chi connectivity index (χ3v) is 3.51. The molecule has 5 heteroatoms. The van der Waals surface area contributed by atoms with Gasteiger partial charge in [-0.15, -0.1) is 0 Å². The number of rotatable bonds is 1. The first-order chi connectivity index (χ1) is 7.84. The van der Waals surface area contributed by atoms with Crippen LogP contribution in [0.3, 0.4) is 0 Å². The Morgan fingerprint density at radius 1 is 1.25 bits per heavy atom. The molecule has 1 aliphatic heterocycles. The molecule has 16 heavy (non-hydrogen) atoms. The lowest BCUT2D eigenvalue weighted by atomic mass is 10.3. The third kappa shape index (κ3) is 1.70. The maximum absolute atomic E-state index is 4.63. The quantitative estimate of drug-likeness (QED) is 0.836. The number of H-pyrrole nitrogens is 1. The zero-order chi connectivity index (χ0) is 11.0. The Morgan fingerprint density at radius 2 is 2.06 bits per heavy atom. The molecule has 1 aromatic carbocycles. The first kappa shape index (κ1) is 10.1. The van der Waals surface area contributed by atoms with Gasteiger partial charge in [0.05, 0.1) is 5.52 Å². The van der Waals surface area contributed by atoms with Crippen LogP contribution in [0, 0.1) is 0 Å². The molecule has 0 amide bonds. The van der Waals surface area contributed by atoms with E-state index in [0.29, 0.717) is 0 Å². The van der Waals surface area contributed by atoms with Crippen LogP contribution < -0.4 is 10.2 Å². The number of hydrogen-bond donors (Lipinski definition) is 2. The number of piperazine rings is 1. The molecule has 84 valence electrons. The number of nitrogens with zero attached hydrogens (tertiary/aromatic N) is 2. The highest BCUT2D eigenvalue weighted by Gasteiger charge is 2.14. The van der Waals surface area contributed by atoms with Crippen molar-refractivity contribution in [2.75, 3.05) is 31.1 Å². The Morgan fingerprint density at radius 3 is 2.81 bits per heavy atom. The molecule has 0 aliphatic carbocycles. The molecule has 0 radical (unpaired) electrons. The smallest absolute Gasteiger partial charge is 0.203 e. The lowest BCUT2D eigenvalue weighted by Gasteiger charge is -2.26. The van der Waals surface area contributed by atoms with Gasteiger partial charge in [-0.3, -0.25) is 0 Å². The van der Waals surface area contributed by atoms with Crippen LogP contribution in [0.4, 0.5) is 5.95 Å². The zero-order valence-electron chi connectivity index (χ0n) is 8.83. The van der Waals surface area contributed by atoms with E-state index in [1.807, 2.05) is 12.1 Å². The average molecular weight is 281 g/mol. The van der Waals surface area contributed by atoms with Gasteiger partial charge in [0.1, 0.15) is 5.52 Å². The number of hydrogen-bond acceptors (Lipinski definition) is 3. The minimum Gasteiger partial charge on any atom is -0.340 e. The first-order valence-corrected chi connectivity index (χ1v) is 6.24. The van der Waals surface area contributed by atoms with Crippen LogP contribution in [0.1, 0.15) is 0 Å². The minimum absolute atomic E-state index is 0.975. The molecule has 3 rings (SSSR count). The van der Waals surface area contributed by atoms with Crippen LogP contribution in [0.15, 0.2) is 22.7 Å².